The van der Waals surface area contributed by atoms with Crippen molar-refractivity contribution in [1.82, 2.24) is 10.2 Å². The number of piperidine rings is 1. The monoisotopic (exact) mass is 226 g/mol. The van der Waals surface area contributed by atoms with Crippen molar-refractivity contribution in [1.29, 1.82) is 0 Å². The van der Waals surface area contributed by atoms with Crippen molar-refractivity contribution in [2.45, 2.75) is 33.1 Å². The maximum Gasteiger partial charge on any atom is 0.227 e. The van der Waals surface area contributed by atoms with Gasteiger partial charge in [0.2, 0.25) is 11.8 Å². The molecule has 0 aliphatic carbocycles. The van der Waals surface area contributed by atoms with Gasteiger partial charge in [-0.1, -0.05) is 13.8 Å². The average Bonchev–Trinajstić information content (AvgIpc) is 2.26. The molecule has 1 N–H and O–H groups in total. The third kappa shape index (κ3) is 3.83. The maximum atomic E-state index is 12.0. The van der Waals surface area contributed by atoms with Crippen LogP contribution in [0.2, 0.25) is 0 Å². The molecule has 16 heavy (non-hydrogen) atoms. The molecule has 0 aromatic carbocycles. The van der Waals surface area contributed by atoms with Crippen LogP contribution in [-0.4, -0.2) is 36.9 Å². The van der Waals surface area contributed by atoms with Crippen molar-refractivity contribution < 1.29 is 9.59 Å². The molecule has 0 saturated carbocycles. The Hall–Kier alpha value is -1.06. The fourth-order valence-corrected chi connectivity index (χ4v) is 1.82. The van der Waals surface area contributed by atoms with E-state index in [0.29, 0.717) is 25.3 Å². The lowest BCUT2D eigenvalue weighted by Crippen LogP contribution is -2.43. The number of rotatable bonds is 4. The van der Waals surface area contributed by atoms with Crippen LogP contribution in [0.5, 0.6) is 0 Å². The minimum absolute atomic E-state index is 0.0186. The van der Waals surface area contributed by atoms with Crippen LogP contribution in [0.25, 0.3) is 0 Å². The molecule has 1 heterocycles. The van der Waals surface area contributed by atoms with E-state index in [1.807, 2.05) is 7.05 Å². The van der Waals surface area contributed by atoms with E-state index in [-0.39, 0.29) is 17.7 Å². The fourth-order valence-electron chi connectivity index (χ4n) is 1.82. The van der Waals surface area contributed by atoms with E-state index < -0.39 is 0 Å². The Kier molecular flexibility index (Phi) is 4.77. The van der Waals surface area contributed by atoms with E-state index in [0.717, 1.165) is 13.0 Å². The van der Waals surface area contributed by atoms with Gasteiger partial charge in [-0.3, -0.25) is 9.59 Å². The molecule has 1 rings (SSSR count). The highest BCUT2D eigenvalue weighted by Crippen LogP contribution is 2.14. The number of nitrogens with one attached hydrogen (secondary N) is 1. The van der Waals surface area contributed by atoms with Crippen molar-refractivity contribution in [2.75, 3.05) is 20.1 Å². The van der Waals surface area contributed by atoms with Gasteiger partial charge in [-0.25, -0.2) is 0 Å². The molecule has 1 unspecified atom stereocenters. The predicted octanol–water partition coefficient (Wildman–Crippen LogP) is 1.02. The van der Waals surface area contributed by atoms with Gasteiger partial charge in [0.1, 0.15) is 0 Å². The van der Waals surface area contributed by atoms with Gasteiger partial charge in [-0.05, 0) is 18.8 Å². The second kappa shape index (κ2) is 5.87. The summed E-state index contributed by atoms with van der Waals surface area (Å²) in [6, 6.07) is 0. The Bertz CT molecular complexity index is 254. The molecule has 0 radical (unpaired) electrons. The number of nitrogens with zero attached hydrogens (tertiary/aromatic N) is 1. The SMILES string of the molecule is CC(C)CCN(C)C(=O)C1CCC(=O)NC1. The molecule has 0 bridgehead atoms. The molecular formula is C12H22N2O2. The van der Waals surface area contributed by atoms with Gasteiger partial charge in [0.25, 0.3) is 0 Å². The highest BCUT2D eigenvalue weighted by atomic mass is 16.2. The minimum Gasteiger partial charge on any atom is -0.355 e. The molecule has 1 saturated heterocycles. The molecule has 4 nitrogen and oxygen atoms in total. The van der Waals surface area contributed by atoms with Crippen LogP contribution in [0.4, 0.5) is 0 Å². The summed E-state index contributed by atoms with van der Waals surface area (Å²) in [5.74, 6) is 0.825. The minimum atomic E-state index is -0.0186. The maximum absolute atomic E-state index is 12.0. The van der Waals surface area contributed by atoms with E-state index in [2.05, 4.69) is 19.2 Å². The van der Waals surface area contributed by atoms with Crippen LogP contribution in [-0.2, 0) is 9.59 Å². The van der Waals surface area contributed by atoms with E-state index >= 15 is 0 Å². The second-order valence-electron chi connectivity index (χ2n) is 4.98. The van der Waals surface area contributed by atoms with Crippen molar-refractivity contribution >= 4 is 11.8 Å². The second-order valence-corrected chi connectivity index (χ2v) is 4.98. The summed E-state index contributed by atoms with van der Waals surface area (Å²) < 4.78 is 0. The molecule has 92 valence electrons. The third-order valence-corrected chi connectivity index (χ3v) is 3.03. The first-order chi connectivity index (χ1) is 7.50. The van der Waals surface area contributed by atoms with Crippen LogP contribution in [0.3, 0.4) is 0 Å². The van der Waals surface area contributed by atoms with Gasteiger partial charge >= 0.3 is 0 Å². The first-order valence-corrected chi connectivity index (χ1v) is 6.02. The zero-order valence-corrected chi connectivity index (χ0v) is 10.5. The van der Waals surface area contributed by atoms with Gasteiger partial charge in [0.05, 0.1) is 5.92 Å². The van der Waals surface area contributed by atoms with Gasteiger partial charge in [-0.15, -0.1) is 0 Å². The highest BCUT2D eigenvalue weighted by molar-refractivity contribution is 5.83. The lowest BCUT2D eigenvalue weighted by molar-refractivity contribution is -0.136. The number of carbonyl (C=O) groups excluding carboxylic acids is 2. The quantitative estimate of drug-likeness (QED) is 0.778. The Balaban J connectivity index is 2.35. The molecule has 2 amide bonds. The molecule has 1 aliphatic rings. The van der Waals surface area contributed by atoms with E-state index in [9.17, 15) is 9.59 Å². The molecule has 0 aromatic heterocycles. The Morgan fingerprint density at radius 3 is 2.75 bits per heavy atom. The molecule has 1 aliphatic heterocycles. The molecule has 0 aromatic rings. The number of hydrogen-bond acceptors (Lipinski definition) is 2. The molecule has 4 heteroatoms. The summed E-state index contributed by atoms with van der Waals surface area (Å²) in [6.45, 7) is 5.61. The standard InChI is InChI=1S/C12H22N2O2/c1-9(2)6-7-14(3)12(16)10-4-5-11(15)13-8-10/h9-10H,4-8H2,1-3H3,(H,13,15). The molecule has 1 fully saturated rings. The zero-order valence-electron chi connectivity index (χ0n) is 10.5. The van der Waals surface area contributed by atoms with Crippen LogP contribution in [0.1, 0.15) is 33.1 Å². The van der Waals surface area contributed by atoms with E-state index in [4.69, 9.17) is 0 Å². The Labute approximate surface area is 97.4 Å². The van der Waals surface area contributed by atoms with E-state index in [1.165, 1.54) is 0 Å². The summed E-state index contributed by atoms with van der Waals surface area (Å²) in [7, 11) is 1.85. The van der Waals surface area contributed by atoms with Crippen molar-refractivity contribution in [3.8, 4) is 0 Å². The number of carbonyl (C=O) groups is 2. The first kappa shape index (κ1) is 13.0. The lowest BCUT2D eigenvalue weighted by Gasteiger charge is -2.27. The number of hydrogen-bond donors (Lipinski definition) is 1. The first-order valence-electron chi connectivity index (χ1n) is 6.02. The Morgan fingerprint density at radius 1 is 1.56 bits per heavy atom. The van der Waals surface area contributed by atoms with Crippen LogP contribution in [0, 0.1) is 11.8 Å². The van der Waals surface area contributed by atoms with Gasteiger partial charge in [0, 0.05) is 26.6 Å². The van der Waals surface area contributed by atoms with Crippen molar-refractivity contribution in [2.24, 2.45) is 11.8 Å². The fraction of sp³-hybridized carbons (Fsp3) is 0.833. The number of amides is 2. The molecule has 1 atom stereocenters. The summed E-state index contributed by atoms with van der Waals surface area (Å²) >= 11 is 0. The van der Waals surface area contributed by atoms with Gasteiger partial charge in [-0.2, -0.15) is 0 Å². The lowest BCUT2D eigenvalue weighted by atomic mass is 9.97. The van der Waals surface area contributed by atoms with Crippen LogP contribution in [0.15, 0.2) is 0 Å². The third-order valence-electron chi connectivity index (χ3n) is 3.03. The topological polar surface area (TPSA) is 49.4 Å². The summed E-state index contributed by atoms with van der Waals surface area (Å²) in [4.78, 5) is 24.8. The summed E-state index contributed by atoms with van der Waals surface area (Å²) in [5.41, 5.74) is 0. The van der Waals surface area contributed by atoms with Crippen molar-refractivity contribution in [3.63, 3.8) is 0 Å². The molecular weight excluding hydrogens is 204 g/mol. The van der Waals surface area contributed by atoms with Gasteiger partial charge in [0.15, 0.2) is 0 Å². The summed E-state index contributed by atoms with van der Waals surface area (Å²) in [5, 5.41) is 2.75. The van der Waals surface area contributed by atoms with Gasteiger partial charge < -0.3 is 10.2 Å². The Morgan fingerprint density at radius 2 is 2.25 bits per heavy atom. The van der Waals surface area contributed by atoms with Crippen molar-refractivity contribution in [3.05, 3.63) is 0 Å². The summed E-state index contributed by atoms with van der Waals surface area (Å²) in [6.07, 6.45) is 2.20. The van der Waals surface area contributed by atoms with E-state index in [1.54, 1.807) is 4.90 Å². The largest absolute Gasteiger partial charge is 0.355 e. The smallest absolute Gasteiger partial charge is 0.227 e. The zero-order chi connectivity index (χ0) is 12.1. The molecule has 0 spiro atoms. The normalized spacial score (nSPS) is 20.8. The average molecular weight is 226 g/mol. The predicted molar refractivity (Wildman–Crippen MR) is 62.8 cm³/mol. The van der Waals surface area contributed by atoms with Crippen LogP contribution < -0.4 is 5.32 Å². The van der Waals surface area contributed by atoms with Crippen LogP contribution >= 0.6 is 0 Å². The highest BCUT2D eigenvalue weighted by Gasteiger charge is 2.26.